The lowest BCUT2D eigenvalue weighted by molar-refractivity contribution is 0.276. The Labute approximate surface area is 141 Å². The summed E-state index contributed by atoms with van der Waals surface area (Å²) in [6.07, 6.45) is 1.85. The van der Waals surface area contributed by atoms with Gasteiger partial charge in [0.2, 0.25) is 0 Å². The molecule has 24 heavy (non-hydrogen) atoms. The predicted molar refractivity (Wildman–Crippen MR) is 96.5 cm³/mol. The standard InChI is InChI=1S/C19H22N4O/c1-13-8-19(16-6-4-15(5-7-16)10-20-3)14(2)23(13)11-17-9-18(12-24)22-21-17/h4-10,24H,11-12H2,1-3H3,(H,21,22). The highest BCUT2D eigenvalue weighted by molar-refractivity contribution is 5.81. The zero-order valence-electron chi connectivity index (χ0n) is 14.2. The summed E-state index contributed by atoms with van der Waals surface area (Å²) in [5.41, 5.74) is 7.59. The van der Waals surface area contributed by atoms with Crippen molar-refractivity contribution in [1.82, 2.24) is 14.8 Å². The Bertz CT molecular complexity index is 856. The average molecular weight is 322 g/mol. The topological polar surface area (TPSA) is 66.2 Å². The number of aromatic nitrogens is 3. The van der Waals surface area contributed by atoms with Gasteiger partial charge in [-0.1, -0.05) is 24.3 Å². The van der Waals surface area contributed by atoms with Crippen LogP contribution in [0, 0.1) is 13.8 Å². The Kier molecular flexibility index (Phi) is 4.62. The number of nitrogens with one attached hydrogen (secondary N) is 1. The summed E-state index contributed by atoms with van der Waals surface area (Å²) in [5.74, 6) is 0. The van der Waals surface area contributed by atoms with Crippen LogP contribution in [-0.4, -0.2) is 33.1 Å². The summed E-state index contributed by atoms with van der Waals surface area (Å²) in [4.78, 5) is 4.04. The Morgan fingerprint density at radius 1 is 1.21 bits per heavy atom. The number of hydrogen-bond acceptors (Lipinski definition) is 3. The van der Waals surface area contributed by atoms with Crippen molar-refractivity contribution >= 4 is 6.21 Å². The molecule has 2 N–H and O–H groups in total. The number of benzene rings is 1. The summed E-state index contributed by atoms with van der Waals surface area (Å²) in [6.45, 7) is 4.91. The first-order valence-electron chi connectivity index (χ1n) is 7.95. The maximum atomic E-state index is 9.14. The lowest BCUT2D eigenvalue weighted by Gasteiger charge is -2.08. The van der Waals surface area contributed by atoms with Gasteiger partial charge in [-0.15, -0.1) is 0 Å². The summed E-state index contributed by atoms with van der Waals surface area (Å²) >= 11 is 0. The molecule has 5 nitrogen and oxygen atoms in total. The predicted octanol–water partition coefficient (Wildman–Crippen LogP) is 3.08. The highest BCUT2D eigenvalue weighted by Crippen LogP contribution is 2.27. The van der Waals surface area contributed by atoms with Crippen LogP contribution in [0.15, 0.2) is 41.4 Å². The summed E-state index contributed by atoms with van der Waals surface area (Å²) in [6, 6.07) is 12.5. The van der Waals surface area contributed by atoms with Gasteiger partial charge >= 0.3 is 0 Å². The van der Waals surface area contributed by atoms with Crippen LogP contribution in [0.1, 0.15) is 28.3 Å². The Balaban J connectivity index is 1.90. The molecule has 0 spiro atoms. The average Bonchev–Trinajstić information content (AvgIpc) is 3.16. The van der Waals surface area contributed by atoms with E-state index in [-0.39, 0.29) is 6.61 Å². The molecule has 124 valence electrons. The second-order valence-electron chi connectivity index (χ2n) is 5.92. The van der Waals surface area contributed by atoms with Crippen LogP contribution in [0.3, 0.4) is 0 Å². The van der Waals surface area contributed by atoms with Crippen molar-refractivity contribution < 1.29 is 5.11 Å². The first kappa shape index (κ1) is 16.2. The van der Waals surface area contributed by atoms with Gasteiger partial charge in [0.25, 0.3) is 0 Å². The maximum Gasteiger partial charge on any atom is 0.0879 e. The van der Waals surface area contributed by atoms with Gasteiger partial charge in [0.05, 0.1) is 24.5 Å². The second kappa shape index (κ2) is 6.84. The Morgan fingerprint density at radius 2 is 1.96 bits per heavy atom. The van der Waals surface area contributed by atoms with Crippen LogP contribution >= 0.6 is 0 Å². The van der Waals surface area contributed by atoms with Crippen molar-refractivity contribution in [3.63, 3.8) is 0 Å². The van der Waals surface area contributed by atoms with E-state index < -0.39 is 0 Å². The van der Waals surface area contributed by atoms with Crippen molar-refractivity contribution in [2.75, 3.05) is 7.05 Å². The summed E-state index contributed by atoms with van der Waals surface area (Å²) < 4.78 is 2.26. The van der Waals surface area contributed by atoms with E-state index in [0.29, 0.717) is 12.2 Å². The fraction of sp³-hybridized carbons (Fsp3) is 0.263. The third kappa shape index (κ3) is 3.16. The zero-order chi connectivity index (χ0) is 17.1. The van der Waals surface area contributed by atoms with Gasteiger partial charge in [0, 0.05) is 30.2 Å². The molecule has 5 heteroatoms. The third-order valence-electron chi connectivity index (χ3n) is 4.25. The Hall–Kier alpha value is -2.66. The van der Waals surface area contributed by atoms with E-state index >= 15 is 0 Å². The fourth-order valence-electron chi connectivity index (χ4n) is 2.98. The van der Waals surface area contributed by atoms with Gasteiger partial charge in [0.15, 0.2) is 0 Å². The molecule has 0 aliphatic rings. The molecule has 0 aliphatic carbocycles. The minimum atomic E-state index is -0.0429. The van der Waals surface area contributed by atoms with Gasteiger partial charge < -0.3 is 9.67 Å². The number of aliphatic hydroxyl groups excluding tert-OH is 1. The maximum absolute atomic E-state index is 9.14. The van der Waals surface area contributed by atoms with E-state index in [1.165, 1.54) is 22.5 Å². The monoisotopic (exact) mass is 322 g/mol. The van der Waals surface area contributed by atoms with Crippen LogP contribution in [0.4, 0.5) is 0 Å². The molecule has 0 saturated heterocycles. The van der Waals surface area contributed by atoms with Crippen molar-refractivity contribution in [3.8, 4) is 11.1 Å². The molecule has 0 aliphatic heterocycles. The van der Waals surface area contributed by atoms with E-state index in [9.17, 15) is 0 Å². The number of nitrogens with zero attached hydrogens (tertiary/aromatic N) is 3. The molecule has 1 aromatic carbocycles. The lowest BCUT2D eigenvalue weighted by atomic mass is 10.0. The van der Waals surface area contributed by atoms with Crippen LogP contribution in [0.25, 0.3) is 11.1 Å². The second-order valence-corrected chi connectivity index (χ2v) is 5.92. The van der Waals surface area contributed by atoms with E-state index in [2.05, 4.69) is 63.9 Å². The highest BCUT2D eigenvalue weighted by Gasteiger charge is 2.12. The number of hydrogen-bond donors (Lipinski definition) is 2. The largest absolute Gasteiger partial charge is 0.390 e. The molecule has 2 heterocycles. The van der Waals surface area contributed by atoms with Crippen LogP contribution in [0.2, 0.25) is 0 Å². The van der Waals surface area contributed by atoms with Crippen LogP contribution in [-0.2, 0) is 13.2 Å². The van der Waals surface area contributed by atoms with Gasteiger partial charge in [-0.05, 0) is 37.1 Å². The lowest BCUT2D eigenvalue weighted by Crippen LogP contribution is -2.04. The number of aryl methyl sites for hydroxylation is 1. The third-order valence-corrected chi connectivity index (χ3v) is 4.25. The molecule has 0 fully saturated rings. The zero-order valence-corrected chi connectivity index (χ0v) is 14.2. The summed E-state index contributed by atoms with van der Waals surface area (Å²) in [7, 11) is 1.78. The molecule has 2 aromatic heterocycles. The minimum absolute atomic E-state index is 0.0429. The van der Waals surface area contributed by atoms with Crippen molar-refractivity contribution in [2.24, 2.45) is 4.99 Å². The number of aliphatic imine (C=N–C) groups is 1. The number of rotatable bonds is 5. The molecule has 3 aromatic rings. The smallest absolute Gasteiger partial charge is 0.0879 e. The van der Waals surface area contributed by atoms with Crippen LogP contribution < -0.4 is 0 Å². The van der Waals surface area contributed by atoms with Crippen molar-refractivity contribution in [1.29, 1.82) is 0 Å². The highest BCUT2D eigenvalue weighted by atomic mass is 16.3. The van der Waals surface area contributed by atoms with Crippen molar-refractivity contribution in [2.45, 2.75) is 27.0 Å². The van der Waals surface area contributed by atoms with Crippen LogP contribution in [0.5, 0.6) is 0 Å². The molecule has 0 radical (unpaired) electrons. The van der Waals surface area contributed by atoms with E-state index in [1.807, 2.05) is 12.3 Å². The number of aromatic amines is 1. The van der Waals surface area contributed by atoms with E-state index in [0.717, 1.165) is 11.3 Å². The first-order chi connectivity index (χ1) is 11.6. The number of aliphatic hydroxyl groups is 1. The quantitative estimate of drug-likeness (QED) is 0.709. The molecule has 0 amide bonds. The molecule has 0 saturated carbocycles. The summed E-state index contributed by atoms with van der Waals surface area (Å²) in [5, 5.41) is 16.2. The Morgan fingerprint density at radius 3 is 2.58 bits per heavy atom. The van der Waals surface area contributed by atoms with Gasteiger partial charge in [-0.25, -0.2) is 0 Å². The fourth-order valence-corrected chi connectivity index (χ4v) is 2.98. The molecule has 0 unspecified atom stereocenters. The van der Waals surface area contributed by atoms with Gasteiger partial charge in [-0.3, -0.25) is 10.1 Å². The molecular weight excluding hydrogens is 300 g/mol. The van der Waals surface area contributed by atoms with Gasteiger partial charge in [-0.2, -0.15) is 5.10 Å². The molecule has 0 bridgehead atoms. The molecular formula is C19H22N4O. The van der Waals surface area contributed by atoms with Gasteiger partial charge in [0.1, 0.15) is 0 Å². The van der Waals surface area contributed by atoms with E-state index in [4.69, 9.17) is 5.11 Å². The minimum Gasteiger partial charge on any atom is -0.390 e. The first-order valence-corrected chi connectivity index (χ1v) is 7.95. The normalized spacial score (nSPS) is 11.5. The molecule has 0 atom stereocenters. The number of H-pyrrole nitrogens is 1. The van der Waals surface area contributed by atoms with E-state index in [1.54, 1.807) is 7.05 Å². The van der Waals surface area contributed by atoms with Crippen molar-refractivity contribution in [3.05, 3.63) is 64.7 Å². The molecule has 3 rings (SSSR count). The SMILES string of the molecule is CN=Cc1ccc(-c2cc(C)n(Cc3cc(CO)n[nH]3)c2C)cc1.